The molecular weight excluding hydrogens is 230 g/mol. The second kappa shape index (κ2) is 3.94. The molecule has 0 bridgehead atoms. The van der Waals surface area contributed by atoms with Crippen molar-refractivity contribution in [3.05, 3.63) is 23.8 Å². The van der Waals surface area contributed by atoms with E-state index >= 15 is 0 Å². The molecule has 1 unspecified atom stereocenters. The maximum atomic E-state index is 5.75. The summed E-state index contributed by atoms with van der Waals surface area (Å²) in [5.74, 6) is 2.08. The minimum Gasteiger partial charge on any atom is -0.493 e. The molecule has 3 N–H and O–H groups in total. The molecular formula is C13H15N3O2. The first-order valence-electron chi connectivity index (χ1n) is 5.86. The molecule has 5 nitrogen and oxygen atoms in total. The molecule has 1 aliphatic heterocycles. The van der Waals surface area contributed by atoms with Gasteiger partial charge in [0.1, 0.15) is 11.9 Å². The summed E-state index contributed by atoms with van der Waals surface area (Å²) in [5.41, 5.74) is 8.67. The summed E-state index contributed by atoms with van der Waals surface area (Å²) in [4.78, 5) is 0. The van der Waals surface area contributed by atoms with Crippen LogP contribution in [0.15, 0.2) is 18.2 Å². The van der Waals surface area contributed by atoms with Crippen molar-refractivity contribution in [2.24, 2.45) is 0 Å². The number of aromatic amines is 1. The summed E-state index contributed by atoms with van der Waals surface area (Å²) < 4.78 is 11.1. The highest BCUT2D eigenvalue weighted by molar-refractivity contribution is 5.68. The Bertz CT molecular complexity index is 592. The fourth-order valence-electron chi connectivity index (χ4n) is 2.29. The number of aromatic nitrogens is 2. The lowest BCUT2D eigenvalue weighted by atomic mass is 10.0. The van der Waals surface area contributed by atoms with Gasteiger partial charge in [0.25, 0.3) is 0 Å². The largest absolute Gasteiger partial charge is 0.493 e. The van der Waals surface area contributed by atoms with E-state index in [0.717, 1.165) is 34.7 Å². The monoisotopic (exact) mass is 245 g/mol. The topological polar surface area (TPSA) is 73.2 Å². The third-order valence-corrected chi connectivity index (χ3v) is 3.09. The Morgan fingerprint density at radius 3 is 2.94 bits per heavy atom. The normalized spacial score (nSPS) is 17.3. The van der Waals surface area contributed by atoms with Gasteiger partial charge in [0.2, 0.25) is 0 Å². The van der Waals surface area contributed by atoms with Crippen molar-refractivity contribution < 1.29 is 9.47 Å². The van der Waals surface area contributed by atoms with Crippen LogP contribution in [0.5, 0.6) is 11.5 Å². The molecule has 0 saturated carbocycles. The second-order valence-electron chi connectivity index (χ2n) is 4.51. The van der Waals surface area contributed by atoms with Crippen LogP contribution in [0.4, 0.5) is 5.82 Å². The Kier molecular flexibility index (Phi) is 2.40. The quantitative estimate of drug-likeness (QED) is 0.848. The first-order chi connectivity index (χ1) is 8.67. The van der Waals surface area contributed by atoms with Crippen LogP contribution in [0.25, 0.3) is 11.3 Å². The van der Waals surface area contributed by atoms with Crippen molar-refractivity contribution in [1.82, 2.24) is 10.2 Å². The molecule has 5 heteroatoms. The number of nitrogens with two attached hydrogens (primary N) is 1. The van der Waals surface area contributed by atoms with Gasteiger partial charge < -0.3 is 15.2 Å². The van der Waals surface area contributed by atoms with E-state index in [2.05, 4.69) is 16.3 Å². The molecule has 1 aliphatic rings. The molecule has 3 rings (SSSR count). The van der Waals surface area contributed by atoms with E-state index in [1.165, 1.54) is 0 Å². The third-order valence-electron chi connectivity index (χ3n) is 3.09. The van der Waals surface area contributed by atoms with Gasteiger partial charge in [0, 0.05) is 23.6 Å². The molecule has 0 amide bonds. The standard InChI is InChI=1S/C13H15N3O2/c1-7-3-9-4-8(10-6-12(14)16-15-10)5-11(17-2)13(9)18-7/h4-7H,3H2,1-2H3,(H3,14,15,16). The number of nitrogen functional groups attached to an aromatic ring is 1. The Hall–Kier alpha value is -2.17. The number of rotatable bonds is 2. The predicted molar refractivity (Wildman–Crippen MR) is 68.8 cm³/mol. The number of fused-ring (bicyclic) bond motifs is 1. The first kappa shape index (κ1) is 11.0. The van der Waals surface area contributed by atoms with Crippen LogP contribution >= 0.6 is 0 Å². The molecule has 1 aromatic carbocycles. The highest BCUT2D eigenvalue weighted by atomic mass is 16.5. The van der Waals surface area contributed by atoms with Gasteiger partial charge in [-0.2, -0.15) is 5.10 Å². The summed E-state index contributed by atoms with van der Waals surface area (Å²) >= 11 is 0. The van der Waals surface area contributed by atoms with Crippen LogP contribution < -0.4 is 15.2 Å². The number of H-pyrrole nitrogens is 1. The summed E-state index contributed by atoms with van der Waals surface area (Å²) in [6.45, 7) is 2.05. The number of hydrogen-bond donors (Lipinski definition) is 2. The van der Waals surface area contributed by atoms with Crippen LogP contribution in [0.2, 0.25) is 0 Å². The van der Waals surface area contributed by atoms with E-state index in [1.54, 1.807) is 13.2 Å². The fourth-order valence-corrected chi connectivity index (χ4v) is 2.29. The average Bonchev–Trinajstić information content (AvgIpc) is 2.92. The van der Waals surface area contributed by atoms with Gasteiger partial charge >= 0.3 is 0 Å². The molecule has 0 fully saturated rings. The minimum atomic E-state index is 0.191. The minimum absolute atomic E-state index is 0.191. The zero-order chi connectivity index (χ0) is 12.7. The molecule has 2 aromatic rings. The predicted octanol–water partition coefficient (Wildman–Crippen LogP) is 1.99. The number of anilines is 1. The van der Waals surface area contributed by atoms with E-state index < -0.39 is 0 Å². The lowest BCUT2D eigenvalue weighted by Gasteiger charge is -2.09. The summed E-state index contributed by atoms with van der Waals surface area (Å²) in [6, 6.07) is 5.83. The number of hydrogen-bond acceptors (Lipinski definition) is 4. The summed E-state index contributed by atoms with van der Waals surface area (Å²) in [5, 5.41) is 6.84. The maximum absolute atomic E-state index is 5.75. The Balaban J connectivity index is 2.10. The van der Waals surface area contributed by atoms with Crippen molar-refractivity contribution in [2.45, 2.75) is 19.4 Å². The van der Waals surface area contributed by atoms with Crippen LogP contribution in [0.1, 0.15) is 12.5 Å². The Labute approximate surface area is 105 Å². The number of methoxy groups -OCH3 is 1. The lowest BCUT2D eigenvalue weighted by molar-refractivity contribution is 0.243. The molecule has 18 heavy (non-hydrogen) atoms. The number of benzene rings is 1. The number of ether oxygens (including phenoxy) is 2. The SMILES string of the molecule is COc1cc(-c2cc(N)n[nH]2)cc2c1OC(C)C2. The van der Waals surface area contributed by atoms with Crippen molar-refractivity contribution in [1.29, 1.82) is 0 Å². The zero-order valence-corrected chi connectivity index (χ0v) is 10.4. The first-order valence-corrected chi connectivity index (χ1v) is 5.86. The van der Waals surface area contributed by atoms with Crippen molar-refractivity contribution in [3.63, 3.8) is 0 Å². The number of nitrogens with one attached hydrogen (secondary N) is 1. The van der Waals surface area contributed by atoms with Crippen molar-refractivity contribution in [2.75, 3.05) is 12.8 Å². The van der Waals surface area contributed by atoms with E-state index in [4.69, 9.17) is 15.2 Å². The Morgan fingerprint density at radius 2 is 2.28 bits per heavy atom. The van der Waals surface area contributed by atoms with Crippen LogP contribution in [0.3, 0.4) is 0 Å². The molecule has 2 heterocycles. The van der Waals surface area contributed by atoms with Crippen molar-refractivity contribution >= 4 is 5.82 Å². The van der Waals surface area contributed by atoms with Crippen LogP contribution in [0, 0.1) is 0 Å². The van der Waals surface area contributed by atoms with E-state index in [0.29, 0.717) is 5.82 Å². The van der Waals surface area contributed by atoms with Gasteiger partial charge in [-0.05, 0) is 19.1 Å². The summed E-state index contributed by atoms with van der Waals surface area (Å²) in [6.07, 6.45) is 1.08. The molecule has 0 spiro atoms. The molecule has 0 radical (unpaired) electrons. The lowest BCUT2D eigenvalue weighted by Crippen LogP contribution is -2.05. The zero-order valence-electron chi connectivity index (χ0n) is 10.4. The third kappa shape index (κ3) is 1.68. The highest BCUT2D eigenvalue weighted by Gasteiger charge is 2.24. The van der Waals surface area contributed by atoms with E-state index in [-0.39, 0.29) is 6.10 Å². The molecule has 0 aliphatic carbocycles. The smallest absolute Gasteiger partial charge is 0.164 e. The van der Waals surface area contributed by atoms with Gasteiger partial charge in [-0.15, -0.1) is 0 Å². The van der Waals surface area contributed by atoms with Crippen LogP contribution in [-0.2, 0) is 6.42 Å². The van der Waals surface area contributed by atoms with Gasteiger partial charge in [-0.3, -0.25) is 5.10 Å². The summed E-state index contributed by atoms with van der Waals surface area (Å²) in [7, 11) is 1.65. The van der Waals surface area contributed by atoms with Gasteiger partial charge in [0.05, 0.1) is 12.8 Å². The molecule has 1 aromatic heterocycles. The van der Waals surface area contributed by atoms with Gasteiger partial charge in [-0.1, -0.05) is 0 Å². The van der Waals surface area contributed by atoms with Crippen LogP contribution in [-0.4, -0.2) is 23.4 Å². The van der Waals surface area contributed by atoms with Gasteiger partial charge in [0.15, 0.2) is 11.5 Å². The van der Waals surface area contributed by atoms with Crippen molar-refractivity contribution in [3.8, 4) is 22.8 Å². The molecule has 94 valence electrons. The molecule has 0 saturated heterocycles. The second-order valence-corrected chi connectivity index (χ2v) is 4.51. The fraction of sp³-hybridized carbons (Fsp3) is 0.308. The Morgan fingerprint density at radius 1 is 1.44 bits per heavy atom. The molecule has 1 atom stereocenters. The highest BCUT2D eigenvalue weighted by Crippen LogP contribution is 2.41. The number of nitrogens with zero attached hydrogens (tertiary/aromatic N) is 1. The van der Waals surface area contributed by atoms with Gasteiger partial charge in [-0.25, -0.2) is 0 Å². The maximum Gasteiger partial charge on any atom is 0.164 e. The van der Waals surface area contributed by atoms with E-state index in [1.807, 2.05) is 13.0 Å². The average molecular weight is 245 g/mol. The van der Waals surface area contributed by atoms with E-state index in [9.17, 15) is 0 Å².